The summed E-state index contributed by atoms with van der Waals surface area (Å²) in [6.07, 6.45) is 10.3. The fourth-order valence-corrected chi connectivity index (χ4v) is 8.09. The van der Waals surface area contributed by atoms with Crippen molar-refractivity contribution in [3.8, 4) is 0 Å². The molecule has 152 valence electrons. The molecule has 0 heterocycles. The van der Waals surface area contributed by atoms with Crippen molar-refractivity contribution < 1.29 is 20.1 Å². The third-order valence-corrected chi connectivity index (χ3v) is 9.34. The van der Waals surface area contributed by atoms with E-state index in [4.69, 9.17) is 0 Å². The van der Waals surface area contributed by atoms with Crippen LogP contribution in [0.4, 0.5) is 0 Å². The molecule has 4 aliphatic rings. The Morgan fingerprint density at radius 1 is 1.19 bits per heavy atom. The number of fused-ring (bicyclic) bond motifs is 5. The average Bonchev–Trinajstić information content (AvgIpc) is 2.92. The Hall–Kier alpha value is -0.870. The first-order valence-electron chi connectivity index (χ1n) is 10.9. The molecule has 0 aromatic rings. The standard InChI is InChI=1S/C23H36O4/c1-21-10-8-15(24)12-14(21)4-5-16-17-6-7-19(23(3,27)13-20(25)26)22(17,2)11-9-18(16)21/h4,15-19,24,27H,5-13H2,1-3H3,(H,25,26)/t15-,16-,17-,18-,19-,21-,22-,23+/m0/s1. The number of aliphatic hydroxyl groups is 2. The van der Waals surface area contributed by atoms with Crippen LogP contribution < -0.4 is 0 Å². The van der Waals surface area contributed by atoms with Gasteiger partial charge in [-0.1, -0.05) is 25.5 Å². The van der Waals surface area contributed by atoms with Crippen molar-refractivity contribution >= 4 is 5.97 Å². The Kier molecular flexibility index (Phi) is 4.55. The first-order valence-corrected chi connectivity index (χ1v) is 10.9. The molecular formula is C23H36O4. The summed E-state index contributed by atoms with van der Waals surface area (Å²) < 4.78 is 0. The molecule has 4 nitrogen and oxygen atoms in total. The zero-order valence-electron chi connectivity index (χ0n) is 17.1. The first-order chi connectivity index (χ1) is 12.6. The van der Waals surface area contributed by atoms with E-state index in [-0.39, 0.29) is 29.3 Å². The Morgan fingerprint density at radius 3 is 2.63 bits per heavy atom. The second-order valence-corrected chi connectivity index (χ2v) is 10.8. The highest BCUT2D eigenvalue weighted by Crippen LogP contribution is 2.67. The van der Waals surface area contributed by atoms with Crippen LogP contribution in [0.15, 0.2) is 11.6 Å². The molecule has 27 heavy (non-hydrogen) atoms. The van der Waals surface area contributed by atoms with Crippen LogP contribution in [0.2, 0.25) is 0 Å². The van der Waals surface area contributed by atoms with Gasteiger partial charge in [-0.2, -0.15) is 0 Å². The number of hydrogen-bond acceptors (Lipinski definition) is 3. The van der Waals surface area contributed by atoms with Gasteiger partial charge >= 0.3 is 5.97 Å². The minimum absolute atomic E-state index is 0.0377. The lowest BCUT2D eigenvalue weighted by Crippen LogP contribution is -2.53. The van der Waals surface area contributed by atoms with Gasteiger partial charge < -0.3 is 15.3 Å². The van der Waals surface area contributed by atoms with Gasteiger partial charge in [-0.15, -0.1) is 0 Å². The van der Waals surface area contributed by atoms with E-state index in [0.29, 0.717) is 17.8 Å². The number of aliphatic hydroxyl groups excluding tert-OH is 1. The van der Waals surface area contributed by atoms with E-state index in [1.807, 2.05) is 0 Å². The molecule has 3 N–H and O–H groups in total. The summed E-state index contributed by atoms with van der Waals surface area (Å²) in [5.41, 5.74) is 0.621. The summed E-state index contributed by atoms with van der Waals surface area (Å²) in [4.78, 5) is 11.3. The highest BCUT2D eigenvalue weighted by Gasteiger charge is 2.61. The van der Waals surface area contributed by atoms with Crippen LogP contribution in [0.1, 0.15) is 78.6 Å². The Bertz CT molecular complexity index is 653. The normalized spacial score (nSPS) is 48.6. The van der Waals surface area contributed by atoms with Crippen LogP contribution in [-0.4, -0.2) is 33.0 Å². The number of carboxylic acids is 1. The SMILES string of the molecule is C[C@]12CC[C@H]3[C@@H](CC=C4C[C@@H](O)CC[C@@]43C)[C@@H]1CC[C@@H]2[C@](C)(O)CC(=O)O. The molecule has 4 rings (SSSR count). The zero-order chi connectivity index (χ0) is 19.6. The molecule has 0 spiro atoms. The van der Waals surface area contributed by atoms with E-state index in [1.54, 1.807) is 6.92 Å². The number of carbonyl (C=O) groups is 1. The third-order valence-electron chi connectivity index (χ3n) is 9.34. The lowest BCUT2D eigenvalue weighted by molar-refractivity contribution is -0.149. The quantitative estimate of drug-likeness (QED) is 0.647. The van der Waals surface area contributed by atoms with Crippen molar-refractivity contribution in [2.24, 2.45) is 34.5 Å². The summed E-state index contributed by atoms with van der Waals surface area (Å²) in [7, 11) is 0. The van der Waals surface area contributed by atoms with Crippen molar-refractivity contribution in [2.75, 3.05) is 0 Å². The van der Waals surface area contributed by atoms with E-state index in [2.05, 4.69) is 19.9 Å². The van der Waals surface area contributed by atoms with E-state index >= 15 is 0 Å². The molecular weight excluding hydrogens is 340 g/mol. The molecule has 3 fully saturated rings. The van der Waals surface area contributed by atoms with Crippen LogP contribution >= 0.6 is 0 Å². The molecule has 4 heteroatoms. The van der Waals surface area contributed by atoms with Crippen molar-refractivity contribution in [1.29, 1.82) is 0 Å². The van der Waals surface area contributed by atoms with E-state index in [0.717, 1.165) is 44.9 Å². The van der Waals surface area contributed by atoms with Gasteiger partial charge in [0.1, 0.15) is 0 Å². The maximum atomic E-state index is 11.3. The van der Waals surface area contributed by atoms with E-state index < -0.39 is 11.6 Å². The monoisotopic (exact) mass is 376 g/mol. The minimum Gasteiger partial charge on any atom is -0.481 e. The highest BCUT2D eigenvalue weighted by atomic mass is 16.4. The Morgan fingerprint density at radius 2 is 1.93 bits per heavy atom. The van der Waals surface area contributed by atoms with Crippen LogP contribution in [0, 0.1) is 34.5 Å². The molecule has 0 amide bonds. The van der Waals surface area contributed by atoms with Crippen LogP contribution in [0.3, 0.4) is 0 Å². The van der Waals surface area contributed by atoms with Gasteiger partial charge in [-0.3, -0.25) is 4.79 Å². The largest absolute Gasteiger partial charge is 0.481 e. The maximum absolute atomic E-state index is 11.3. The Labute approximate surface area is 163 Å². The average molecular weight is 377 g/mol. The van der Waals surface area contributed by atoms with Crippen molar-refractivity contribution in [2.45, 2.75) is 90.3 Å². The molecule has 0 aliphatic heterocycles. The molecule has 4 aliphatic carbocycles. The summed E-state index contributed by atoms with van der Waals surface area (Å²) >= 11 is 0. The molecule has 8 atom stereocenters. The van der Waals surface area contributed by atoms with Gasteiger partial charge in [0.2, 0.25) is 0 Å². The maximum Gasteiger partial charge on any atom is 0.306 e. The molecule has 0 aromatic heterocycles. The molecule has 0 radical (unpaired) electrons. The fraction of sp³-hybridized carbons (Fsp3) is 0.870. The second-order valence-electron chi connectivity index (χ2n) is 10.8. The predicted molar refractivity (Wildman–Crippen MR) is 104 cm³/mol. The fourth-order valence-electron chi connectivity index (χ4n) is 8.09. The summed E-state index contributed by atoms with van der Waals surface area (Å²) in [6.45, 7) is 6.50. The van der Waals surface area contributed by atoms with Crippen molar-refractivity contribution in [3.63, 3.8) is 0 Å². The molecule has 0 unspecified atom stereocenters. The molecule has 3 saturated carbocycles. The minimum atomic E-state index is -1.13. The van der Waals surface area contributed by atoms with Gasteiger partial charge in [0.25, 0.3) is 0 Å². The topological polar surface area (TPSA) is 77.8 Å². The van der Waals surface area contributed by atoms with Gasteiger partial charge in [0.05, 0.1) is 18.1 Å². The molecule has 0 bridgehead atoms. The van der Waals surface area contributed by atoms with Gasteiger partial charge in [0, 0.05) is 0 Å². The lowest BCUT2D eigenvalue weighted by Gasteiger charge is -2.58. The van der Waals surface area contributed by atoms with Crippen molar-refractivity contribution in [3.05, 3.63) is 11.6 Å². The second kappa shape index (κ2) is 6.32. The molecule has 0 aromatic carbocycles. The summed E-state index contributed by atoms with van der Waals surface area (Å²) in [5, 5.41) is 30.4. The lowest BCUT2D eigenvalue weighted by atomic mass is 9.46. The first kappa shape index (κ1) is 19.4. The third kappa shape index (κ3) is 2.90. The molecule has 0 saturated heterocycles. The number of hydrogen-bond donors (Lipinski definition) is 3. The van der Waals surface area contributed by atoms with Crippen molar-refractivity contribution in [1.82, 2.24) is 0 Å². The number of aliphatic carboxylic acids is 1. The van der Waals surface area contributed by atoms with Crippen LogP contribution in [0.25, 0.3) is 0 Å². The Balaban J connectivity index is 1.62. The number of allylic oxidation sites excluding steroid dienone is 1. The van der Waals surface area contributed by atoms with Gasteiger partial charge in [-0.05, 0) is 92.8 Å². The van der Waals surface area contributed by atoms with Gasteiger partial charge in [-0.25, -0.2) is 0 Å². The smallest absolute Gasteiger partial charge is 0.306 e. The van der Waals surface area contributed by atoms with E-state index in [1.165, 1.54) is 12.0 Å². The van der Waals surface area contributed by atoms with Gasteiger partial charge in [0.15, 0.2) is 0 Å². The van der Waals surface area contributed by atoms with Crippen LogP contribution in [0.5, 0.6) is 0 Å². The number of carboxylic acid groups (broad SMARTS) is 1. The zero-order valence-corrected chi connectivity index (χ0v) is 17.1. The predicted octanol–water partition coefficient (Wildman–Crippen LogP) is 4.15. The highest BCUT2D eigenvalue weighted by molar-refractivity contribution is 5.68. The van der Waals surface area contributed by atoms with Crippen LogP contribution in [-0.2, 0) is 4.79 Å². The number of rotatable bonds is 3. The summed E-state index contributed by atoms with van der Waals surface area (Å²) in [5.74, 6) is 1.05. The van der Waals surface area contributed by atoms with E-state index in [9.17, 15) is 20.1 Å². The summed E-state index contributed by atoms with van der Waals surface area (Å²) in [6, 6.07) is 0.